The number of hydrogen-bond donors (Lipinski definition) is 0. The molecule has 0 spiro atoms. The van der Waals surface area contributed by atoms with Crippen LogP contribution in [-0.4, -0.2) is 36.9 Å². The molecular weight excluding hydrogens is 202 g/mol. The summed E-state index contributed by atoms with van der Waals surface area (Å²) < 4.78 is 5.48. The Morgan fingerprint density at radius 2 is 2.06 bits per heavy atom. The number of carbonyl (C=O) groups is 1. The van der Waals surface area contributed by atoms with E-state index in [1.54, 1.807) is 0 Å². The number of ether oxygens (including phenoxy) is 1. The molecule has 3 heteroatoms. The fourth-order valence-corrected chi connectivity index (χ4v) is 2.35. The van der Waals surface area contributed by atoms with Gasteiger partial charge in [0.25, 0.3) is 0 Å². The second-order valence-corrected chi connectivity index (χ2v) is 4.52. The minimum Gasteiger partial charge on any atom is -0.490 e. The van der Waals surface area contributed by atoms with Crippen LogP contribution in [0.15, 0.2) is 11.8 Å². The first-order valence-electron chi connectivity index (χ1n) is 6.13. The Bertz CT molecular complexity index is 278. The molecule has 0 saturated carbocycles. The van der Waals surface area contributed by atoms with E-state index < -0.39 is 5.54 Å². The van der Waals surface area contributed by atoms with E-state index >= 15 is 0 Å². The van der Waals surface area contributed by atoms with Crippen LogP contribution < -0.4 is 0 Å². The third kappa shape index (κ3) is 2.29. The normalized spacial score (nSPS) is 16.9. The molecule has 16 heavy (non-hydrogen) atoms. The summed E-state index contributed by atoms with van der Waals surface area (Å²) in [5.74, 6) is 0.714. The molecule has 0 bridgehead atoms. The lowest BCUT2D eigenvalue weighted by molar-refractivity contribution is -0.130. The Balaban J connectivity index is 2.94. The molecule has 0 radical (unpaired) electrons. The van der Waals surface area contributed by atoms with Crippen molar-refractivity contribution in [1.82, 2.24) is 4.90 Å². The molecule has 0 atom stereocenters. The lowest BCUT2D eigenvalue weighted by atomic mass is 9.85. The topological polar surface area (TPSA) is 29.5 Å². The van der Waals surface area contributed by atoms with E-state index in [1.807, 2.05) is 25.1 Å². The number of likely N-dealkylation sites (N-methyl/N-ethyl adjacent to an activating group) is 1. The van der Waals surface area contributed by atoms with Gasteiger partial charge in [-0.1, -0.05) is 13.8 Å². The van der Waals surface area contributed by atoms with Crippen molar-refractivity contribution in [1.29, 1.82) is 0 Å². The Kier molecular flexibility index (Phi) is 4.54. The first-order valence-corrected chi connectivity index (χ1v) is 6.13. The summed E-state index contributed by atoms with van der Waals surface area (Å²) in [5, 5.41) is 0. The summed E-state index contributed by atoms with van der Waals surface area (Å²) in [6, 6.07) is 0. The molecule has 3 nitrogen and oxygen atoms in total. The third-order valence-electron chi connectivity index (χ3n) is 3.61. The van der Waals surface area contributed by atoms with Gasteiger partial charge < -0.3 is 4.74 Å². The van der Waals surface area contributed by atoms with Crippen molar-refractivity contribution in [2.24, 2.45) is 0 Å². The number of rotatable bonds is 5. The van der Waals surface area contributed by atoms with Gasteiger partial charge in [-0.05, 0) is 45.9 Å². The molecule has 0 saturated heterocycles. The number of hydrogen-bond acceptors (Lipinski definition) is 3. The molecule has 0 aromatic rings. The van der Waals surface area contributed by atoms with Crippen LogP contribution in [0.5, 0.6) is 0 Å². The van der Waals surface area contributed by atoms with Gasteiger partial charge in [0, 0.05) is 0 Å². The summed E-state index contributed by atoms with van der Waals surface area (Å²) in [7, 11) is 3.93. The highest BCUT2D eigenvalue weighted by Gasteiger charge is 2.39. The zero-order valence-electron chi connectivity index (χ0n) is 10.9. The zero-order valence-corrected chi connectivity index (χ0v) is 10.9. The van der Waals surface area contributed by atoms with Gasteiger partial charge in [-0.15, -0.1) is 0 Å². The number of allylic oxidation sites excluding steroid dienone is 1. The van der Waals surface area contributed by atoms with Crippen LogP contribution in [0.3, 0.4) is 0 Å². The van der Waals surface area contributed by atoms with Crippen LogP contribution in [0.2, 0.25) is 0 Å². The highest BCUT2D eigenvalue weighted by atomic mass is 16.5. The van der Waals surface area contributed by atoms with Gasteiger partial charge in [-0.25, -0.2) is 0 Å². The molecule has 1 rings (SSSR count). The van der Waals surface area contributed by atoms with Crippen molar-refractivity contribution in [2.45, 2.75) is 45.1 Å². The van der Waals surface area contributed by atoms with Gasteiger partial charge in [0.15, 0.2) is 5.76 Å². The maximum Gasteiger partial charge on any atom is 0.217 e. The SMILES string of the molecule is CCC(CC)(C(=O)C1=CCCCO1)N(C)C. The van der Waals surface area contributed by atoms with Crippen LogP contribution in [0.25, 0.3) is 0 Å². The van der Waals surface area contributed by atoms with Crippen molar-refractivity contribution in [3.8, 4) is 0 Å². The van der Waals surface area contributed by atoms with Gasteiger partial charge in [-0.2, -0.15) is 0 Å². The fraction of sp³-hybridized carbons (Fsp3) is 0.769. The average molecular weight is 225 g/mol. The summed E-state index contributed by atoms with van der Waals surface area (Å²) in [6.45, 7) is 4.80. The van der Waals surface area contributed by atoms with Crippen LogP contribution in [0.1, 0.15) is 39.5 Å². The largest absolute Gasteiger partial charge is 0.490 e. The minimum absolute atomic E-state index is 0.141. The van der Waals surface area contributed by atoms with Crippen LogP contribution >= 0.6 is 0 Å². The van der Waals surface area contributed by atoms with Crippen molar-refractivity contribution < 1.29 is 9.53 Å². The summed E-state index contributed by atoms with van der Waals surface area (Å²) in [4.78, 5) is 14.5. The van der Waals surface area contributed by atoms with E-state index in [4.69, 9.17) is 4.74 Å². The van der Waals surface area contributed by atoms with Crippen molar-refractivity contribution in [3.63, 3.8) is 0 Å². The fourth-order valence-electron chi connectivity index (χ4n) is 2.35. The predicted octanol–water partition coefficient (Wildman–Crippen LogP) is 2.37. The Hall–Kier alpha value is -0.830. The second kappa shape index (κ2) is 5.48. The van der Waals surface area contributed by atoms with Crippen LogP contribution in [0.4, 0.5) is 0 Å². The number of ketones is 1. The molecule has 92 valence electrons. The summed E-state index contributed by atoms with van der Waals surface area (Å²) >= 11 is 0. The smallest absolute Gasteiger partial charge is 0.217 e. The molecule has 0 unspecified atom stereocenters. The number of carbonyl (C=O) groups excluding carboxylic acids is 1. The van der Waals surface area contributed by atoms with Gasteiger partial charge in [0.1, 0.15) is 0 Å². The second-order valence-electron chi connectivity index (χ2n) is 4.52. The van der Waals surface area contributed by atoms with Crippen molar-refractivity contribution in [2.75, 3.05) is 20.7 Å². The molecule has 0 fully saturated rings. The molecule has 0 N–H and O–H groups in total. The maximum atomic E-state index is 12.5. The Morgan fingerprint density at radius 3 is 2.44 bits per heavy atom. The molecule has 0 amide bonds. The van der Waals surface area contributed by atoms with Crippen molar-refractivity contribution >= 4 is 5.78 Å². The summed E-state index contributed by atoms with van der Waals surface area (Å²) in [5.41, 5.74) is -0.400. The number of Topliss-reactive ketones (excluding diaryl/α,β-unsaturated/α-hetero) is 1. The predicted molar refractivity (Wildman–Crippen MR) is 65.3 cm³/mol. The lowest BCUT2D eigenvalue weighted by Crippen LogP contribution is -2.51. The highest BCUT2D eigenvalue weighted by Crippen LogP contribution is 2.27. The minimum atomic E-state index is -0.400. The molecule has 0 aromatic carbocycles. The van der Waals surface area contributed by atoms with Gasteiger partial charge >= 0.3 is 0 Å². The molecule has 0 aliphatic carbocycles. The van der Waals surface area contributed by atoms with E-state index in [0.717, 1.165) is 25.7 Å². The Labute approximate surface area is 98.5 Å². The first-order chi connectivity index (χ1) is 7.58. The highest BCUT2D eigenvalue weighted by molar-refractivity contribution is 6.01. The van der Waals surface area contributed by atoms with E-state index in [1.165, 1.54) is 0 Å². The Morgan fingerprint density at radius 1 is 1.44 bits per heavy atom. The molecule has 1 aliphatic heterocycles. The van der Waals surface area contributed by atoms with E-state index in [2.05, 4.69) is 13.8 Å². The maximum absolute atomic E-state index is 12.5. The quantitative estimate of drug-likeness (QED) is 0.719. The monoisotopic (exact) mass is 225 g/mol. The lowest BCUT2D eigenvalue weighted by Gasteiger charge is -2.37. The van der Waals surface area contributed by atoms with E-state index in [0.29, 0.717) is 12.4 Å². The van der Waals surface area contributed by atoms with Gasteiger partial charge in [0.05, 0.1) is 12.1 Å². The molecule has 1 aliphatic rings. The summed E-state index contributed by atoms with van der Waals surface area (Å²) in [6.07, 6.45) is 5.55. The van der Waals surface area contributed by atoms with Crippen molar-refractivity contribution in [3.05, 3.63) is 11.8 Å². The van der Waals surface area contributed by atoms with E-state index in [-0.39, 0.29) is 5.78 Å². The standard InChI is InChI=1S/C13H23NO2/c1-5-13(6-2,14(3)4)12(15)11-9-7-8-10-16-11/h9H,5-8,10H2,1-4H3. The molecule has 0 aromatic heterocycles. The van der Waals surface area contributed by atoms with Gasteiger partial charge in [-0.3, -0.25) is 9.69 Å². The first kappa shape index (κ1) is 13.2. The average Bonchev–Trinajstić information content (AvgIpc) is 2.32. The van der Waals surface area contributed by atoms with Crippen LogP contribution in [-0.2, 0) is 9.53 Å². The third-order valence-corrected chi connectivity index (χ3v) is 3.61. The zero-order chi connectivity index (χ0) is 12.2. The molecule has 1 heterocycles. The van der Waals surface area contributed by atoms with Crippen LogP contribution in [0, 0.1) is 0 Å². The number of nitrogens with zero attached hydrogens (tertiary/aromatic N) is 1. The molecular formula is C13H23NO2. The van der Waals surface area contributed by atoms with Gasteiger partial charge in [0.2, 0.25) is 5.78 Å². The van der Waals surface area contributed by atoms with E-state index in [9.17, 15) is 4.79 Å².